The summed E-state index contributed by atoms with van der Waals surface area (Å²) < 4.78 is 0. The summed E-state index contributed by atoms with van der Waals surface area (Å²) in [7, 11) is 0. The van der Waals surface area contributed by atoms with Crippen molar-refractivity contribution in [3.05, 3.63) is 29.8 Å². The minimum atomic E-state index is -1.23. The van der Waals surface area contributed by atoms with Gasteiger partial charge < -0.3 is 15.9 Å². The van der Waals surface area contributed by atoms with Crippen molar-refractivity contribution in [2.75, 3.05) is 5.73 Å². The number of nitrogens with two attached hydrogens (primary N) is 1. The molecule has 4 N–H and O–H groups in total. The maximum atomic E-state index is 11.3. The van der Waals surface area contributed by atoms with Gasteiger partial charge in [-0.2, -0.15) is 0 Å². The molecule has 0 aromatic heterocycles. The molecule has 1 aromatic rings. The van der Waals surface area contributed by atoms with Gasteiger partial charge in [-0.1, -0.05) is 12.1 Å². The fourth-order valence-electron chi connectivity index (χ4n) is 1.61. The number of rotatable bonds is 5. The molecule has 1 unspecified atom stereocenters. The summed E-state index contributed by atoms with van der Waals surface area (Å²) in [6.07, 6.45) is -0.168. The molecule has 0 bridgehead atoms. The van der Waals surface area contributed by atoms with Gasteiger partial charge in [0.1, 0.15) is 0 Å². The second kappa shape index (κ2) is 4.86. The van der Waals surface area contributed by atoms with Crippen LogP contribution >= 0.6 is 0 Å². The summed E-state index contributed by atoms with van der Waals surface area (Å²) in [4.78, 5) is 21.9. The third kappa shape index (κ3) is 2.96. The van der Waals surface area contributed by atoms with Gasteiger partial charge in [-0.25, -0.2) is 0 Å². The first-order valence-electron chi connectivity index (χ1n) is 5.17. The van der Waals surface area contributed by atoms with Crippen molar-refractivity contribution in [2.24, 2.45) is 0 Å². The van der Waals surface area contributed by atoms with Crippen molar-refractivity contribution in [3.8, 4) is 0 Å². The summed E-state index contributed by atoms with van der Waals surface area (Å²) in [6.45, 7) is 1.51. The molecule has 0 radical (unpaired) electrons. The minimum Gasteiger partial charge on any atom is -0.481 e. The average Bonchev–Trinajstić information content (AvgIpc) is 2.25. The smallest absolute Gasteiger partial charge is 0.313 e. The maximum Gasteiger partial charge on any atom is 0.313 e. The van der Waals surface area contributed by atoms with Crippen LogP contribution in [0.3, 0.4) is 0 Å². The zero-order chi connectivity index (χ0) is 13.1. The summed E-state index contributed by atoms with van der Waals surface area (Å²) >= 11 is 0. The number of anilines is 1. The van der Waals surface area contributed by atoms with Crippen LogP contribution in [0.5, 0.6) is 0 Å². The molecule has 0 aliphatic rings. The summed E-state index contributed by atoms with van der Waals surface area (Å²) in [5.41, 5.74) is 5.36. The van der Waals surface area contributed by atoms with Crippen LogP contribution in [-0.2, 0) is 15.0 Å². The third-order valence-corrected chi connectivity index (χ3v) is 2.83. The van der Waals surface area contributed by atoms with E-state index < -0.39 is 17.4 Å². The standard InChI is InChI=1S/C12H15NO4/c1-12(11(16)17,6-5-10(14)15)8-3-2-4-9(13)7-8/h2-4,7H,5-6,13H2,1H3,(H,14,15)(H,16,17). The SMILES string of the molecule is CC(CCC(=O)O)(C(=O)O)c1cccc(N)c1. The van der Waals surface area contributed by atoms with Crippen LogP contribution in [0.1, 0.15) is 25.3 Å². The highest BCUT2D eigenvalue weighted by Crippen LogP contribution is 2.30. The number of carboxylic acids is 2. The van der Waals surface area contributed by atoms with Crippen molar-refractivity contribution >= 4 is 17.6 Å². The molecule has 1 atom stereocenters. The van der Waals surface area contributed by atoms with E-state index in [-0.39, 0.29) is 12.8 Å². The number of benzene rings is 1. The van der Waals surface area contributed by atoms with Gasteiger partial charge in [0.15, 0.2) is 0 Å². The van der Waals surface area contributed by atoms with Gasteiger partial charge in [-0.05, 0) is 31.0 Å². The molecule has 0 heterocycles. The van der Waals surface area contributed by atoms with Crippen LogP contribution in [-0.4, -0.2) is 22.2 Å². The van der Waals surface area contributed by atoms with Gasteiger partial charge in [-0.15, -0.1) is 0 Å². The Balaban J connectivity index is 3.07. The molecule has 0 fully saturated rings. The van der Waals surface area contributed by atoms with Gasteiger partial charge in [-0.3, -0.25) is 9.59 Å². The zero-order valence-corrected chi connectivity index (χ0v) is 9.51. The second-order valence-electron chi connectivity index (χ2n) is 4.16. The number of carbonyl (C=O) groups is 2. The zero-order valence-electron chi connectivity index (χ0n) is 9.51. The van der Waals surface area contributed by atoms with E-state index in [1.54, 1.807) is 24.3 Å². The molecule has 0 spiro atoms. The topological polar surface area (TPSA) is 101 Å². The molecule has 0 saturated heterocycles. The van der Waals surface area contributed by atoms with Crippen molar-refractivity contribution < 1.29 is 19.8 Å². The molecular weight excluding hydrogens is 222 g/mol. The Morgan fingerprint density at radius 2 is 2.00 bits per heavy atom. The number of aliphatic carboxylic acids is 2. The lowest BCUT2D eigenvalue weighted by atomic mass is 9.78. The number of hydrogen-bond donors (Lipinski definition) is 3. The predicted molar refractivity (Wildman–Crippen MR) is 62.7 cm³/mol. The van der Waals surface area contributed by atoms with Crippen molar-refractivity contribution in [1.82, 2.24) is 0 Å². The summed E-state index contributed by atoms with van der Waals surface area (Å²) in [5.74, 6) is -2.06. The molecule has 5 nitrogen and oxygen atoms in total. The van der Waals surface area contributed by atoms with Gasteiger partial charge in [0.2, 0.25) is 0 Å². The molecule has 0 aliphatic carbocycles. The first kappa shape index (κ1) is 13.0. The number of hydrogen-bond acceptors (Lipinski definition) is 3. The third-order valence-electron chi connectivity index (χ3n) is 2.83. The lowest BCUT2D eigenvalue weighted by Crippen LogP contribution is -2.33. The Bertz CT molecular complexity index is 444. The van der Waals surface area contributed by atoms with E-state index in [9.17, 15) is 14.7 Å². The highest BCUT2D eigenvalue weighted by Gasteiger charge is 2.35. The van der Waals surface area contributed by atoms with E-state index in [1.807, 2.05) is 0 Å². The predicted octanol–water partition coefficient (Wildman–Crippen LogP) is 1.48. The summed E-state index contributed by atoms with van der Waals surface area (Å²) in [6, 6.07) is 6.53. The first-order chi connectivity index (χ1) is 7.86. The molecule has 1 rings (SSSR count). The molecule has 92 valence electrons. The first-order valence-corrected chi connectivity index (χ1v) is 5.17. The van der Waals surface area contributed by atoms with Crippen LogP contribution in [0.4, 0.5) is 5.69 Å². The van der Waals surface area contributed by atoms with E-state index in [2.05, 4.69) is 0 Å². The normalized spacial score (nSPS) is 13.9. The minimum absolute atomic E-state index is 0.0289. The van der Waals surface area contributed by atoms with Crippen molar-refractivity contribution in [2.45, 2.75) is 25.2 Å². The van der Waals surface area contributed by atoms with Gasteiger partial charge in [0, 0.05) is 12.1 Å². The van der Waals surface area contributed by atoms with Gasteiger partial charge in [0.25, 0.3) is 0 Å². The van der Waals surface area contributed by atoms with E-state index in [0.717, 1.165) is 0 Å². The fraction of sp³-hybridized carbons (Fsp3) is 0.333. The second-order valence-corrected chi connectivity index (χ2v) is 4.16. The lowest BCUT2D eigenvalue weighted by Gasteiger charge is -2.24. The number of nitrogen functional groups attached to an aromatic ring is 1. The molecular formula is C12H15NO4. The lowest BCUT2D eigenvalue weighted by molar-refractivity contribution is -0.144. The monoisotopic (exact) mass is 237 g/mol. The van der Waals surface area contributed by atoms with Crippen LogP contribution in [0.25, 0.3) is 0 Å². The van der Waals surface area contributed by atoms with E-state index in [1.165, 1.54) is 6.92 Å². The van der Waals surface area contributed by atoms with Crippen LogP contribution < -0.4 is 5.73 Å². The highest BCUT2D eigenvalue weighted by atomic mass is 16.4. The van der Waals surface area contributed by atoms with Gasteiger partial charge >= 0.3 is 11.9 Å². The van der Waals surface area contributed by atoms with Crippen LogP contribution in [0.15, 0.2) is 24.3 Å². The average molecular weight is 237 g/mol. The van der Waals surface area contributed by atoms with Gasteiger partial charge in [0.05, 0.1) is 5.41 Å². The fourth-order valence-corrected chi connectivity index (χ4v) is 1.61. The molecule has 5 heteroatoms. The quantitative estimate of drug-likeness (QED) is 0.673. The summed E-state index contributed by atoms with van der Waals surface area (Å²) in [5, 5.41) is 17.9. The molecule has 0 aliphatic heterocycles. The largest absolute Gasteiger partial charge is 0.481 e. The Morgan fingerprint density at radius 1 is 1.35 bits per heavy atom. The Morgan fingerprint density at radius 3 is 2.47 bits per heavy atom. The van der Waals surface area contributed by atoms with E-state index >= 15 is 0 Å². The Hall–Kier alpha value is -2.04. The van der Waals surface area contributed by atoms with E-state index in [0.29, 0.717) is 11.3 Å². The number of carboxylic acid groups (broad SMARTS) is 2. The van der Waals surface area contributed by atoms with Crippen molar-refractivity contribution in [3.63, 3.8) is 0 Å². The van der Waals surface area contributed by atoms with Crippen LogP contribution in [0, 0.1) is 0 Å². The van der Waals surface area contributed by atoms with E-state index in [4.69, 9.17) is 10.8 Å². The Labute approximate surface area is 98.9 Å². The molecule has 17 heavy (non-hydrogen) atoms. The highest BCUT2D eigenvalue weighted by molar-refractivity contribution is 5.82. The maximum absolute atomic E-state index is 11.3. The molecule has 0 amide bonds. The van der Waals surface area contributed by atoms with Crippen LogP contribution in [0.2, 0.25) is 0 Å². The molecule has 1 aromatic carbocycles. The molecule has 0 saturated carbocycles. The van der Waals surface area contributed by atoms with Crippen molar-refractivity contribution in [1.29, 1.82) is 0 Å². The Kier molecular flexibility index (Phi) is 3.73.